The summed E-state index contributed by atoms with van der Waals surface area (Å²) < 4.78 is 0.980. The van der Waals surface area contributed by atoms with Gasteiger partial charge in [0.2, 0.25) is 11.8 Å². The Labute approximate surface area is 228 Å². The van der Waals surface area contributed by atoms with Gasteiger partial charge in [-0.3, -0.25) is 9.59 Å². The summed E-state index contributed by atoms with van der Waals surface area (Å²) in [6.07, 6.45) is 1.30. The fourth-order valence-electron chi connectivity index (χ4n) is 3.92. The van der Waals surface area contributed by atoms with Crippen molar-refractivity contribution < 1.29 is 9.59 Å². The molecule has 6 heteroatoms. The van der Waals surface area contributed by atoms with Crippen LogP contribution in [0.2, 0.25) is 0 Å². The first-order valence-electron chi connectivity index (χ1n) is 12.4. The summed E-state index contributed by atoms with van der Waals surface area (Å²) >= 11 is 5.07. The molecule has 0 bridgehead atoms. The van der Waals surface area contributed by atoms with E-state index in [0.717, 1.165) is 27.8 Å². The Morgan fingerprint density at radius 1 is 0.944 bits per heavy atom. The molecule has 0 radical (unpaired) electrons. The Balaban J connectivity index is 1.85. The fourth-order valence-corrected chi connectivity index (χ4v) is 5.04. The van der Waals surface area contributed by atoms with Gasteiger partial charge in [0, 0.05) is 29.2 Å². The van der Waals surface area contributed by atoms with Crippen molar-refractivity contribution in [3.05, 3.63) is 106 Å². The molecule has 0 aliphatic carbocycles. The lowest BCUT2D eigenvalue weighted by molar-refractivity contribution is -0.139. The van der Waals surface area contributed by atoms with Crippen LogP contribution in [0.5, 0.6) is 0 Å². The number of nitrogens with one attached hydrogen (secondary N) is 1. The summed E-state index contributed by atoms with van der Waals surface area (Å²) in [4.78, 5) is 29.0. The normalized spacial score (nSPS) is 12.6. The Morgan fingerprint density at radius 2 is 1.64 bits per heavy atom. The number of hydrogen-bond acceptors (Lipinski definition) is 3. The van der Waals surface area contributed by atoms with Crippen LogP contribution in [0.4, 0.5) is 0 Å². The lowest BCUT2D eigenvalue weighted by Crippen LogP contribution is -2.52. The number of carbonyl (C=O) groups excluding carboxylic acids is 2. The minimum atomic E-state index is -0.600. The molecule has 3 aromatic carbocycles. The third kappa shape index (κ3) is 8.82. The lowest BCUT2D eigenvalue weighted by Gasteiger charge is -2.32. The number of aryl methyl sites for hydroxylation is 1. The Morgan fingerprint density at radius 3 is 2.31 bits per heavy atom. The van der Waals surface area contributed by atoms with Gasteiger partial charge >= 0.3 is 0 Å². The van der Waals surface area contributed by atoms with Crippen LogP contribution in [-0.4, -0.2) is 34.6 Å². The second-order valence-electron chi connectivity index (χ2n) is 9.15. The molecule has 2 amide bonds. The van der Waals surface area contributed by atoms with Gasteiger partial charge < -0.3 is 10.2 Å². The molecule has 2 atom stereocenters. The number of amides is 2. The second kappa shape index (κ2) is 14.2. The Bertz CT molecular complexity index is 1120. The maximum absolute atomic E-state index is 13.7. The van der Waals surface area contributed by atoms with E-state index < -0.39 is 6.04 Å². The van der Waals surface area contributed by atoms with E-state index in [-0.39, 0.29) is 17.9 Å². The minimum Gasteiger partial charge on any atom is -0.352 e. The van der Waals surface area contributed by atoms with E-state index in [1.54, 1.807) is 16.7 Å². The number of rotatable bonds is 12. The van der Waals surface area contributed by atoms with Crippen LogP contribution in [0.15, 0.2) is 83.3 Å². The van der Waals surface area contributed by atoms with Gasteiger partial charge in [0.25, 0.3) is 0 Å². The van der Waals surface area contributed by atoms with Crippen molar-refractivity contribution in [2.24, 2.45) is 0 Å². The van der Waals surface area contributed by atoms with Gasteiger partial charge in [0.1, 0.15) is 6.04 Å². The van der Waals surface area contributed by atoms with Crippen LogP contribution >= 0.6 is 27.7 Å². The Hall–Kier alpha value is -2.57. The highest BCUT2D eigenvalue weighted by atomic mass is 79.9. The van der Waals surface area contributed by atoms with Crippen molar-refractivity contribution in [2.75, 3.05) is 5.75 Å². The topological polar surface area (TPSA) is 49.4 Å². The van der Waals surface area contributed by atoms with Crippen molar-refractivity contribution in [1.82, 2.24) is 10.2 Å². The van der Waals surface area contributed by atoms with Crippen molar-refractivity contribution >= 4 is 39.5 Å². The molecule has 0 spiro atoms. The molecule has 0 saturated carbocycles. The number of hydrogen-bond donors (Lipinski definition) is 1. The third-order valence-corrected chi connectivity index (χ3v) is 7.63. The van der Waals surface area contributed by atoms with Gasteiger partial charge in [-0.2, -0.15) is 0 Å². The van der Waals surface area contributed by atoms with Crippen LogP contribution in [0, 0.1) is 6.92 Å². The van der Waals surface area contributed by atoms with Crippen molar-refractivity contribution in [2.45, 2.75) is 58.0 Å². The monoisotopic (exact) mass is 566 g/mol. The maximum Gasteiger partial charge on any atom is 0.243 e. The first-order valence-corrected chi connectivity index (χ1v) is 14.3. The largest absolute Gasteiger partial charge is 0.352 e. The lowest BCUT2D eigenvalue weighted by atomic mass is 10.0. The van der Waals surface area contributed by atoms with Gasteiger partial charge in [-0.05, 0) is 49.1 Å². The molecular weight excluding hydrogens is 532 g/mol. The average molecular weight is 568 g/mol. The van der Waals surface area contributed by atoms with Gasteiger partial charge in [-0.1, -0.05) is 95.1 Å². The average Bonchev–Trinajstić information content (AvgIpc) is 2.87. The predicted octanol–water partition coefficient (Wildman–Crippen LogP) is 6.55. The first kappa shape index (κ1) is 28.0. The molecule has 0 aliphatic rings. The highest BCUT2D eigenvalue weighted by Crippen LogP contribution is 2.20. The number of benzene rings is 3. The molecule has 190 valence electrons. The first-order chi connectivity index (χ1) is 17.4. The summed E-state index contributed by atoms with van der Waals surface area (Å²) in [7, 11) is 0. The summed E-state index contributed by atoms with van der Waals surface area (Å²) in [5.74, 6) is 0.923. The number of halogens is 1. The van der Waals surface area contributed by atoms with E-state index in [0.29, 0.717) is 18.7 Å². The highest BCUT2D eigenvalue weighted by Gasteiger charge is 2.30. The zero-order valence-electron chi connectivity index (χ0n) is 21.2. The maximum atomic E-state index is 13.7. The molecule has 1 N–H and O–H groups in total. The molecule has 3 rings (SSSR count). The van der Waals surface area contributed by atoms with Crippen LogP contribution in [-0.2, 0) is 28.3 Å². The van der Waals surface area contributed by atoms with Crippen LogP contribution in [0.25, 0.3) is 0 Å². The molecule has 0 unspecified atom stereocenters. The van der Waals surface area contributed by atoms with E-state index in [9.17, 15) is 9.59 Å². The highest BCUT2D eigenvalue weighted by molar-refractivity contribution is 9.10. The van der Waals surface area contributed by atoms with Crippen molar-refractivity contribution in [3.8, 4) is 0 Å². The van der Waals surface area contributed by atoms with Crippen LogP contribution < -0.4 is 5.32 Å². The zero-order valence-corrected chi connectivity index (χ0v) is 23.6. The molecular formula is C30H35BrN2O2S. The number of carbonyl (C=O) groups is 2. The predicted molar refractivity (Wildman–Crippen MR) is 154 cm³/mol. The van der Waals surface area contributed by atoms with Crippen LogP contribution in [0.3, 0.4) is 0 Å². The molecule has 0 aromatic heterocycles. The van der Waals surface area contributed by atoms with Crippen molar-refractivity contribution in [1.29, 1.82) is 0 Å². The summed E-state index contributed by atoms with van der Waals surface area (Å²) in [6, 6.07) is 25.6. The molecule has 0 heterocycles. The standard InChI is InChI=1S/C30H35BrN2O2S/c1-4-23(3)32-30(35)28(18-24-10-6-5-7-11-24)33(19-25-13-15-27(31)16-14-25)29(34)21-36-20-26-12-8-9-22(2)17-26/h5-17,23,28H,4,18-21H2,1-3H3,(H,32,35)/t23-,28+/m1/s1. The van der Waals surface area contributed by atoms with Crippen LogP contribution in [0.1, 0.15) is 42.5 Å². The van der Waals surface area contributed by atoms with E-state index in [1.165, 1.54) is 11.1 Å². The molecule has 0 fully saturated rings. The number of thioether (sulfide) groups is 1. The quantitative estimate of drug-likeness (QED) is 0.270. The summed E-state index contributed by atoms with van der Waals surface area (Å²) in [5.41, 5.74) is 4.43. The van der Waals surface area contributed by atoms with Gasteiger partial charge in [-0.15, -0.1) is 11.8 Å². The van der Waals surface area contributed by atoms with E-state index in [1.807, 2.05) is 74.5 Å². The van der Waals surface area contributed by atoms with Gasteiger partial charge in [0.15, 0.2) is 0 Å². The van der Waals surface area contributed by atoms with E-state index in [2.05, 4.69) is 46.4 Å². The second-order valence-corrected chi connectivity index (χ2v) is 11.1. The summed E-state index contributed by atoms with van der Waals surface area (Å²) in [5, 5.41) is 3.12. The van der Waals surface area contributed by atoms with Gasteiger partial charge in [0.05, 0.1) is 5.75 Å². The van der Waals surface area contributed by atoms with Gasteiger partial charge in [-0.25, -0.2) is 0 Å². The SMILES string of the molecule is CC[C@@H](C)NC(=O)[C@H](Cc1ccccc1)N(Cc1ccc(Br)cc1)C(=O)CSCc1cccc(C)c1. The smallest absolute Gasteiger partial charge is 0.243 e. The zero-order chi connectivity index (χ0) is 25.9. The summed E-state index contributed by atoms with van der Waals surface area (Å²) in [6.45, 7) is 6.49. The third-order valence-electron chi connectivity index (χ3n) is 6.12. The number of nitrogens with zero attached hydrogens (tertiary/aromatic N) is 1. The minimum absolute atomic E-state index is 0.0317. The molecule has 4 nitrogen and oxygen atoms in total. The Kier molecular flexibility index (Phi) is 11.1. The van der Waals surface area contributed by atoms with E-state index in [4.69, 9.17) is 0 Å². The molecule has 0 saturated heterocycles. The molecule has 3 aromatic rings. The van der Waals surface area contributed by atoms with Crippen molar-refractivity contribution in [3.63, 3.8) is 0 Å². The van der Waals surface area contributed by atoms with E-state index >= 15 is 0 Å². The molecule has 36 heavy (non-hydrogen) atoms. The fraction of sp³-hybridized carbons (Fsp3) is 0.333. The molecule has 0 aliphatic heterocycles.